The lowest BCUT2D eigenvalue weighted by atomic mass is 10.0. The number of rotatable bonds is 7. The number of hydrogen-bond donors (Lipinski definition) is 2. The normalized spacial score (nSPS) is 16.1. The monoisotopic (exact) mass is 434 g/mol. The minimum atomic E-state index is -0.259. The van der Waals surface area contributed by atoms with Crippen molar-refractivity contribution in [3.8, 4) is 0 Å². The number of hydrogen-bond acceptors (Lipinski definition) is 3. The maximum Gasteiger partial charge on any atom is 0.191 e. The lowest BCUT2D eigenvalue weighted by Gasteiger charge is -2.29. The van der Waals surface area contributed by atoms with Crippen LogP contribution in [0.4, 0.5) is 4.39 Å². The molecule has 164 valence electrons. The zero-order chi connectivity index (χ0) is 21.7. The highest BCUT2D eigenvalue weighted by atomic mass is 35.5. The van der Waals surface area contributed by atoms with Crippen molar-refractivity contribution < 1.29 is 4.39 Å². The first kappa shape index (κ1) is 22.6. The number of nitrogens with zero attached hydrogens (tertiary/aromatic N) is 4. The number of aromatic nitrogens is 2. The fourth-order valence-corrected chi connectivity index (χ4v) is 4.32. The van der Waals surface area contributed by atoms with Gasteiger partial charge in [-0.25, -0.2) is 9.38 Å². The third-order valence-electron chi connectivity index (χ3n) is 5.78. The van der Waals surface area contributed by atoms with Gasteiger partial charge in [-0.1, -0.05) is 17.7 Å². The molecule has 1 aliphatic rings. The van der Waals surface area contributed by atoms with Crippen LogP contribution in [0.3, 0.4) is 0 Å². The van der Waals surface area contributed by atoms with Crippen molar-refractivity contribution in [2.75, 3.05) is 26.2 Å². The first-order chi connectivity index (χ1) is 14.4. The van der Waals surface area contributed by atoms with Crippen LogP contribution in [-0.4, -0.2) is 46.8 Å². The van der Waals surface area contributed by atoms with Crippen molar-refractivity contribution in [3.05, 3.63) is 51.6 Å². The number of aryl methyl sites for hydroxylation is 2. The molecule has 1 saturated heterocycles. The van der Waals surface area contributed by atoms with Crippen molar-refractivity contribution in [1.29, 1.82) is 0 Å². The Morgan fingerprint density at radius 3 is 2.60 bits per heavy atom. The highest BCUT2D eigenvalue weighted by Crippen LogP contribution is 2.31. The van der Waals surface area contributed by atoms with Crippen LogP contribution in [0.5, 0.6) is 0 Å². The van der Waals surface area contributed by atoms with E-state index >= 15 is 0 Å². The molecule has 1 aromatic carbocycles. The van der Waals surface area contributed by atoms with Gasteiger partial charge in [-0.2, -0.15) is 5.10 Å². The number of nitrogens with one attached hydrogen (secondary N) is 2. The van der Waals surface area contributed by atoms with E-state index in [9.17, 15) is 4.39 Å². The highest BCUT2D eigenvalue weighted by molar-refractivity contribution is 6.31. The van der Waals surface area contributed by atoms with E-state index in [1.807, 2.05) is 25.6 Å². The summed E-state index contributed by atoms with van der Waals surface area (Å²) in [6.45, 7) is 9.77. The first-order valence-electron chi connectivity index (χ1n) is 10.6. The van der Waals surface area contributed by atoms with E-state index in [4.69, 9.17) is 16.6 Å². The van der Waals surface area contributed by atoms with Crippen LogP contribution in [-0.2, 0) is 13.6 Å². The number of likely N-dealkylation sites (tertiary alicyclic amines) is 1. The van der Waals surface area contributed by atoms with Gasteiger partial charge in [-0.05, 0) is 58.8 Å². The lowest BCUT2D eigenvalue weighted by molar-refractivity contribution is 0.240. The minimum absolute atomic E-state index is 0.146. The SMILES string of the molecule is CCNC(=NCc1c(C)nn(C)c1C)NCC(c1c(F)cccc1Cl)N1CCCC1. The molecular formula is C22H32ClFN6. The molecular weight excluding hydrogens is 403 g/mol. The van der Waals surface area contributed by atoms with Crippen LogP contribution in [0.15, 0.2) is 23.2 Å². The second-order valence-corrected chi connectivity index (χ2v) is 8.15. The Hall–Kier alpha value is -2.12. The molecule has 2 N–H and O–H groups in total. The molecule has 6 nitrogen and oxygen atoms in total. The number of benzene rings is 1. The summed E-state index contributed by atoms with van der Waals surface area (Å²) in [5.41, 5.74) is 3.79. The largest absolute Gasteiger partial charge is 0.357 e. The summed E-state index contributed by atoms with van der Waals surface area (Å²) >= 11 is 6.41. The van der Waals surface area contributed by atoms with E-state index in [-0.39, 0.29) is 11.9 Å². The van der Waals surface area contributed by atoms with Crippen LogP contribution >= 0.6 is 11.6 Å². The molecule has 1 aromatic heterocycles. The number of guanidine groups is 1. The van der Waals surface area contributed by atoms with E-state index in [0.717, 1.165) is 49.4 Å². The van der Waals surface area contributed by atoms with Crippen molar-refractivity contribution >= 4 is 17.6 Å². The third kappa shape index (κ3) is 5.13. The molecule has 0 aliphatic carbocycles. The molecule has 0 saturated carbocycles. The average molecular weight is 435 g/mol. The van der Waals surface area contributed by atoms with Gasteiger partial charge in [0.25, 0.3) is 0 Å². The van der Waals surface area contributed by atoms with E-state index in [0.29, 0.717) is 29.6 Å². The summed E-state index contributed by atoms with van der Waals surface area (Å²) < 4.78 is 16.6. The zero-order valence-corrected chi connectivity index (χ0v) is 19.1. The molecule has 2 heterocycles. The second-order valence-electron chi connectivity index (χ2n) is 7.74. The minimum Gasteiger partial charge on any atom is -0.357 e. The average Bonchev–Trinajstić information content (AvgIpc) is 3.31. The van der Waals surface area contributed by atoms with Crippen molar-refractivity contribution in [3.63, 3.8) is 0 Å². The molecule has 1 aliphatic heterocycles. The molecule has 1 fully saturated rings. The Bertz CT molecular complexity index is 868. The van der Waals surface area contributed by atoms with Crippen LogP contribution < -0.4 is 10.6 Å². The molecule has 0 radical (unpaired) electrons. The van der Waals surface area contributed by atoms with Crippen LogP contribution in [0.25, 0.3) is 0 Å². The van der Waals surface area contributed by atoms with Crippen LogP contribution in [0.2, 0.25) is 5.02 Å². The fraction of sp³-hybridized carbons (Fsp3) is 0.545. The Morgan fingerprint density at radius 2 is 2.00 bits per heavy atom. The Balaban J connectivity index is 1.79. The highest BCUT2D eigenvalue weighted by Gasteiger charge is 2.27. The number of aliphatic imine (C=N–C) groups is 1. The first-order valence-corrected chi connectivity index (χ1v) is 11.0. The maximum atomic E-state index is 14.7. The fourth-order valence-electron chi connectivity index (χ4n) is 4.04. The van der Waals surface area contributed by atoms with E-state index in [1.165, 1.54) is 6.07 Å². The van der Waals surface area contributed by atoms with Crippen LogP contribution in [0, 0.1) is 19.7 Å². The summed E-state index contributed by atoms with van der Waals surface area (Å²) in [5, 5.41) is 11.6. The standard InChI is InChI=1S/C22H32ClFN6/c1-5-25-22(26-13-17-15(2)28-29(4)16(17)3)27-14-20(30-11-6-7-12-30)21-18(23)9-8-10-19(21)24/h8-10,20H,5-7,11-14H2,1-4H3,(H2,25,26,27). The summed E-state index contributed by atoms with van der Waals surface area (Å²) in [5.74, 6) is 0.446. The molecule has 3 rings (SSSR count). The molecule has 0 spiro atoms. The van der Waals surface area contributed by atoms with Gasteiger partial charge >= 0.3 is 0 Å². The number of halogens is 2. The van der Waals surface area contributed by atoms with Crippen molar-refractivity contribution in [1.82, 2.24) is 25.3 Å². The van der Waals surface area contributed by atoms with Gasteiger partial charge < -0.3 is 10.6 Å². The molecule has 0 bridgehead atoms. The van der Waals surface area contributed by atoms with Gasteiger partial charge in [-0.3, -0.25) is 9.58 Å². The van der Waals surface area contributed by atoms with E-state index in [2.05, 4.69) is 27.6 Å². The third-order valence-corrected chi connectivity index (χ3v) is 6.11. The Kier molecular flexibility index (Phi) is 7.72. The van der Waals surface area contributed by atoms with E-state index in [1.54, 1.807) is 12.1 Å². The lowest BCUT2D eigenvalue weighted by Crippen LogP contribution is -2.43. The van der Waals surface area contributed by atoms with Gasteiger partial charge in [0, 0.05) is 42.0 Å². The van der Waals surface area contributed by atoms with Gasteiger partial charge in [-0.15, -0.1) is 0 Å². The summed E-state index contributed by atoms with van der Waals surface area (Å²) in [6, 6.07) is 4.75. The van der Waals surface area contributed by atoms with Crippen molar-refractivity contribution in [2.45, 2.75) is 46.2 Å². The Morgan fingerprint density at radius 1 is 1.27 bits per heavy atom. The predicted molar refractivity (Wildman–Crippen MR) is 120 cm³/mol. The molecule has 30 heavy (non-hydrogen) atoms. The molecule has 0 amide bonds. The van der Waals surface area contributed by atoms with Gasteiger partial charge in [0.2, 0.25) is 0 Å². The maximum absolute atomic E-state index is 14.7. The molecule has 1 atom stereocenters. The summed E-state index contributed by atoms with van der Waals surface area (Å²) in [4.78, 5) is 7.05. The topological polar surface area (TPSA) is 57.5 Å². The summed E-state index contributed by atoms with van der Waals surface area (Å²) in [7, 11) is 1.94. The van der Waals surface area contributed by atoms with Crippen LogP contribution in [0.1, 0.15) is 48.3 Å². The smallest absolute Gasteiger partial charge is 0.191 e. The molecule has 8 heteroatoms. The zero-order valence-electron chi connectivity index (χ0n) is 18.3. The quantitative estimate of drug-likeness (QED) is 0.515. The van der Waals surface area contributed by atoms with Crippen molar-refractivity contribution in [2.24, 2.45) is 12.0 Å². The summed E-state index contributed by atoms with van der Waals surface area (Å²) in [6.07, 6.45) is 2.24. The molecule has 1 unspecified atom stereocenters. The molecule has 2 aromatic rings. The van der Waals surface area contributed by atoms with E-state index < -0.39 is 0 Å². The van der Waals surface area contributed by atoms with Gasteiger partial charge in [0.1, 0.15) is 5.82 Å². The van der Waals surface area contributed by atoms with Gasteiger partial charge in [0.05, 0.1) is 18.3 Å². The Labute approximate surface area is 183 Å². The second kappa shape index (κ2) is 10.3. The predicted octanol–water partition coefficient (Wildman–Crippen LogP) is 3.72. The van der Waals surface area contributed by atoms with Gasteiger partial charge in [0.15, 0.2) is 5.96 Å².